The number of carbonyl (C=O) groups is 3. The summed E-state index contributed by atoms with van der Waals surface area (Å²) in [5.74, 6) is -0.170. The van der Waals surface area contributed by atoms with Crippen LogP contribution in [0.5, 0.6) is 5.75 Å². The summed E-state index contributed by atoms with van der Waals surface area (Å²) < 4.78 is 20.2. The molecule has 0 unspecified atom stereocenters. The molecule has 0 radical (unpaired) electrons. The van der Waals surface area contributed by atoms with Crippen molar-refractivity contribution in [2.24, 2.45) is 0 Å². The summed E-state index contributed by atoms with van der Waals surface area (Å²) in [6.45, 7) is 1.11. The monoisotopic (exact) mass is 332 g/mol. The summed E-state index contributed by atoms with van der Waals surface area (Å²) in [5, 5.41) is 0. The van der Waals surface area contributed by atoms with Gasteiger partial charge in [-0.25, -0.2) is 9.59 Å². The van der Waals surface area contributed by atoms with Crippen molar-refractivity contribution in [3.05, 3.63) is 53.0 Å². The molecule has 0 aliphatic rings. The Kier molecular flexibility index (Phi) is 5.73. The number of carbonyl (C=O) groups excluding carboxylic acids is 3. The third kappa shape index (κ3) is 4.22. The van der Waals surface area contributed by atoms with E-state index in [1.807, 2.05) is 0 Å². The van der Waals surface area contributed by atoms with E-state index < -0.39 is 11.9 Å². The van der Waals surface area contributed by atoms with E-state index in [2.05, 4.69) is 4.74 Å². The lowest BCUT2D eigenvalue weighted by Crippen LogP contribution is -2.15. The number of para-hydroxylation sites is 1. The van der Waals surface area contributed by atoms with Crippen LogP contribution in [0.25, 0.3) is 0 Å². The van der Waals surface area contributed by atoms with Crippen molar-refractivity contribution in [2.45, 2.75) is 13.5 Å². The fourth-order valence-electron chi connectivity index (χ4n) is 1.97. The summed E-state index contributed by atoms with van der Waals surface area (Å²) in [7, 11) is 1.27. The molecule has 0 atom stereocenters. The van der Waals surface area contributed by atoms with Crippen molar-refractivity contribution in [2.75, 3.05) is 13.7 Å². The maximum atomic E-state index is 11.7. The van der Waals surface area contributed by atoms with Gasteiger partial charge in [0, 0.05) is 0 Å². The Morgan fingerprint density at radius 2 is 2.00 bits per heavy atom. The lowest BCUT2D eigenvalue weighted by Gasteiger charge is -2.07. The molecule has 0 aliphatic carbocycles. The maximum absolute atomic E-state index is 11.7. The number of hydrogen-bond donors (Lipinski definition) is 0. The number of aldehydes is 1. The van der Waals surface area contributed by atoms with Gasteiger partial charge in [-0.05, 0) is 25.1 Å². The molecule has 2 aromatic rings. The summed E-state index contributed by atoms with van der Waals surface area (Å²) in [6, 6.07) is 7.99. The van der Waals surface area contributed by atoms with Crippen molar-refractivity contribution >= 4 is 18.2 Å². The van der Waals surface area contributed by atoms with Gasteiger partial charge in [0.15, 0.2) is 12.9 Å². The third-order valence-electron chi connectivity index (χ3n) is 3.14. The van der Waals surface area contributed by atoms with Crippen molar-refractivity contribution < 1.29 is 33.0 Å². The van der Waals surface area contributed by atoms with Crippen LogP contribution in [0, 0.1) is 6.92 Å². The minimum absolute atomic E-state index is 0.143. The van der Waals surface area contributed by atoms with Gasteiger partial charge >= 0.3 is 11.9 Å². The topological polar surface area (TPSA) is 92.0 Å². The predicted molar refractivity (Wildman–Crippen MR) is 81.9 cm³/mol. The highest BCUT2D eigenvalue weighted by molar-refractivity contribution is 5.90. The van der Waals surface area contributed by atoms with Crippen LogP contribution in [0.1, 0.15) is 32.2 Å². The Bertz CT molecular complexity index is 745. The third-order valence-corrected chi connectivity index (χ3v) is 3.14. The van der Waals surface area contributed by atoms with E-state index in [0.717, 1.165) is 0 Å². The minimum atomic E-state index is -0.635. The van der Waals surface area contributed by atoms with Crippen LogP contribution < -0.4 is 4.74 Å². The van der Waals surface area contributed by atoms with E-state index in [4.69, 9.17) is 13.9 Å². The van der Waals surface area contributed by atoms with Gasteiger partial charge in [-0.15, -0.1) is 0 Å². The Morgan fingerprint density at radius 1 is 1.25 bits per heavy atom. The molecule has 1 aromatic carbocycles. The highest BCUT2D eigenvalue weighted by Crippen LogP contribution is 2.17. The van der Waals surface area contributed by atoms with E-state index in [-0.39, 0.29) is 18.8 Å². The zero-order valence-corrected chi connectivity index (χ0v) is 13.2. The minimum Gasteiger partial charge on any atom is -0.481 e. The molecule has 0 aliphatic heterocycles. The van der Waals surface area contributed by atoms with E-state index in [1.54, 1.807) is 31.2 Å². The quantitative estimate of drug-likeness (QED) is 0.567. The molecule has 126 valence electrons. The van der Waals surface area contributed by atoms with Gasteiger partial charge in [0.25, 0.3) is 0 Å². The normalized spacial score (nSPS) is 10.1. The smallest absolute Gasteiger partial charge is 0.344 e. The van der Waals surface area contributed by atoms with E-state index in [1.165, 1.54) is 13.2 Å². The second-order valence-electron chi connectivity index (χ2n) is 4.78. The van der Waals surface area contributed by atoms with Crippen LogP contribution in [0.2, 0.25) is 0 Å². The molecule has 0 saturated carbocycles. The highest BCUT2D eigenvalue weighted by Gasteiger charge is 2.16. The Labute approximate surface area is 138 Å². The van der Waals surface area contributed by atoms with Crippen molar-refractivity contribution in [3.63, 3.8) is 0 Å². The summed E-state index contributed by atoms with van der Waals surface area (Å²) >= 11 is 0. The number of furan rings is 1. The highest BCUT2D eigenvalue weighted by atomic mass is 16.6. The maximum Gasteiger partial charge on any atom is 0.344 e. The van der Waals surface area contributed by atoms with Gasteiger partial charge in [-0.1, -0.05) is 12.1 Å². The van der Waals surface area contributed by atoms with Gasteiger partial charge in [0.2, 0.25) is 0 Å². The van der Waals surface area contributed by atoms with Crippen molar-refractivity contribution in [1.82, 2.24) is 0 Å². The molecule has 0 bridgehead atoms. The number of benzene rings is 1. The number of ether oxygens (including phenoxy) is 3. The van der Waals surface area contributed by atoms with Crippen LogP contribution in [0.3, 0.4) is 0 Å². The van der Waals surface area contributed by atoms with E-state index in [0.29, 0.717) is 29.1 Å². The van der Waals surface area contributed by atoms with Gasteiger partial charge in [-0.2, -0.15) is 0 Å². The zero-order chi connectivity index (χ0) is 17.5. The first-order valence-corrected chi connectivity index (χ1v) is 7.05. The molecular weight excluding hydrogens is 316 g/mol. The molecule has 0 spiro atoms. The van der Waals surface area contributed by atoms with Crippen molar-refractivity contribution in [3.8, 4) is 5.75 Å². The number of aryl methyl sites for hydroxylation is 1. The number of rotatable bonds is 7. The van der Waals surface area contributed by atoms with Gasteiger partial charge in [0.05, 0.1) is 12.7 Å². The van der Waals surface area contributed by atoms with Crippen LogP contribution in [-0.4, -0.2) is 31.9 Å². The average Bonchev–Trinajstić information content (AvgIpc) is 2.98. The number of hydrogen-bond acceptors (Lipinski definition) is 7. The molecule has 0 saturated heterocycles. The standard InChI is InChI=1S/C17H16O7/c1-11-14(17(20)21-2)7-13(24-11)9-23-16(19)10-22-15-6-4-3-5-12(15)8-18/h3-8H,9-10H2,1-2H3. The molecule has 7 nitrogen and oxygen atoms in total. The summed E-state index contributed by atoms with van der Waals surface area (Å²) in [5.41, 5.74) is 0.620. The van der Waals surface area contributed by atoms with Crippen LogP contribution in [0.4, 0.5) is 0 Å². The summed E-state index contributed by atoms with van der Waals surface area (Å²) in [6.07, 6.45) is 0.640. The predicted octanol–water partition coefficient (Wildman–Crippen LogP) is 2.31. The second kappa shape index (κ2) is 7.96. The van der Waals surface area contributed by atoms with Gasteiger partial charge in [0.1, 0.15) is 29.4 Å². The SMILES string of the molecule is COC(=O)c1cc(COC(=O)COc2ccccc2C=O)oc1C. The first-order valence-electron chi connectivity index (χ1n) is 7.05. The van der Waals surface area contributed by atoms with E-state index in [9.17, 15) is 14.4 Å². The van der Waals surface area contributed by atoms with E-state index >= 15 is 0 Å². The molecule has 0 fully saturated rings. The summed E-state index contributed by atoms with van der Waals surface area (Å²) in [4.78, 5) is 34.0. The van der Waals surface area contributed by atoms with Crippen molar-refractivity contribution in [1.29, 1.82) is 0 Å². The van der Waals surface area contributed by atoms with Crippen LogP contribution >= 0.6 is 0 Å². The fraction of sp³-hybridized carbons (Fsp3) is 0.235. The Hall–Kier alpha value is -3.09. The lowest BCUT2D eigenvalue weighted by atomic mass is 10.2. The average molecular weight is 332 g/mol. The molecule has 0 N–H and O–H groups in total. The zero-order valence-electron chi connectivity index (χ0n) is 13.2. The first-order chi connectivity index (χ1) is 11.5. The Balaban J connectivity index is 1.87. The molecule has 2 rings (SSSR count). The molecule has 24 heavy (non-hydrogen) atoms. The fourth-order valence-corrected chi connectivity index (χ4v) is 1.97. The number of methoxy groups -OCH3 is 1. The first kappa shape index (κ1) is 17.3. The second-order valence-corrected chi connectivity index (χ2v) is 4.78. The van der Waals surface area contributed by atoms with Crippen LogP contribution in [0.15, 0.2) is 34.7 Å². The van der Waals surface area contributed by atoms with Crippen LogP contribution in [-0.2, 0) is 20.9 Å². The number of esters is 2. The largest absolute Gasteiger partial charge is 0.481 e. The van der Waals surface area contributed by atoms with Gasteiger partial charge < -0.3 is 18.6 Å². The molecule has 0 amide bonds. The Morgan fingerprint density at radius 3 is 2.71 bits per heavy atom. The molecule has 1 heterocycles. The lowest BCUT2D eigenvalue weighted by molar-refractivity contribution is -0.147. The molecule has 7 heteroatoms. The molecule has 1 aromatic heterocycles. The van der Waals surface area contributed by atoms with Gasteiger partial charge in [-0.3, -0.25) is 4.79 Å². The molecular formula is C17H16O7.